The second kappa shape index (κ2) is 5.26. The van der Waals surface area contributed by atoms with Gasteiger partial charge in [0.05, 0.1) is 11.2 Å². The molecule has 2 heterocycles. The summed E-state index contributed by atoms with van der Waals surface area (Å²) in [5.74, 6) is 0.745. The monoisotopic (exact) mass is 324 g/mol. The van der Waals surface area contributed by atoms with Gasteiger partial charge < -0.3 is 14.0 Å². The van der Waals surface area contributed by atoms with Crippen molar-refractivity contribution in [3.05, 3.63) is 40.1 Å². The van der Waals surface area contributed by atoms with Gasteiger partial charge in [0.1, 0.15) is 18.1 Å². The number of hydrogen-bond acceptors (Lipinski definition) is 3. The first-order chi connectivity index (χ1) is 10.2. The third-order valence-electron chi connectivity index (χ3n) is 4.63. The van der Waals surface area contributed by atoms with Crippen molar-refractivity contribution in [3.63, 3.8) is 0 Å². The van der Waals surface area contributed by atoms with E-state index in [2.05, 4.69) is 0 Å². The van der Waals surface area contributed by atoms with Crippen LogP contribution in [0.15, 0.2) is 29.5 Å². The quantitative estimate of drug-likeness (QED) is 0.727. The van der Waals surface area contributed by atoms with E-state index in [-0.39, 0.29) is 6.61 Å². The minimum Gasteiger partial charge on any atom is -0.489 e. The van der Waals surface area contributed by atoms with Crippen molar-refractivity contribution in [1.82, 2.24) is 0 Å². The van der Waals surface area contributed by atoms with Crippen molar-refractivity contribution >= 4 is 18.7 Å². The molecule has 0 radical (unpaired) electrons. The molecule has 0 saturated carbocycles. The lowest BCUT2D eigenvalue weighted by molar-refractivity contribution is 0.00578. The number of rotatable bonds is 1. The van der Waals surface area contributed by atoms with Crippen LogP contribution in [0.1, 0.15) is 33.3 Å². The van der Waals surface area contributed by atoms with Crippen LogP contribution in [0.2, 0.25) is 5.02 Å². The Morgan fingerprint density at radius 2 is 1.82 bits per heavy atom. The Morgan fingerprint density at radius 1 is 1.18 bits per heavy atom. The third kappa shape index (κ3) is 2.66. The summed E-state index contributed by atoms with van der Waals surface area (Å²) < 4.78 is 31.9. The molecular formula is C16H19BClFO3. The van der Waals surface area contributed by atoms with Crippen molar-refractivity contribution in [3.8, 4) is 5.75 Å². The Balaban J connectivity index is 1.86. The first-order valence-corrected chi connectivity index (χ1v) is 7.72. The number of ether oxygens (including phenoxy) is 1. The lowest BCUT2D eigenvalue weighted by Crippen LogP contribution is -2.41. The van der Waals surface area contributed by atoms with Gasteiger partial charge in [-0.1, -0.05) is 11.6 Å². The fourth-order valence-electron chi connectivity index (χ4n) is 2.54. The second-order valence-corrected chi connectivity index (χ2v) is 7.19. The van der Waals surface area contributed by atoms with Crippen LogP contribution < -0.4 is 4.74 Å². The lowest BCUT2D eigenvalue weighted by Gasteiger charge is -2.32. The first-order valence-electron chi connectivity index (χ1n) is 7.34. The molecule has 0 atom stereocenters. The van der Waals surface area contributed by atoms with Gasteiger partial charge in [-0.25, -0.2) is 4.39 Å². The normalized spacial score (nSPS) is 24.7. The maximum Gasteiger partial charge on any atom is 0.525 e. The van der Waals surface area contributed by atoms with E-state index in [9.17, 15) is 4.39 Å². The van der Waals surface area contributed by atoms with Crippen molar-refractivity contribution in [2.24, 2.45) is 0 Å². The summed E-state index contributed by atoms with van der Waals surface area (Å²) in [5.41, 5.74) is -0.114. The minimum atomic E-state index is -0.982. The smallest absolute Gasteiger partial charge is 0.489 e. The van der Waals surface area contributed by atoms with E-state index in [0.717, 1.165) is 11.3 Å². The maximum absolute atomic E-state index is 14.8. The van der Waals surface area contributed by atoms with Crippen LogP contribution in [0.25, 0.3) is 0 Å². The average Bonchev–Trinajstić information content (AvgIpc) is 2.65. The van der Waals surface area contributed by atoms with Crippen molar-refractivity contribution in [1.29, 1.82) is 0 Å². The summed E-state index contributed by atoms with van der Waals surface area (Å²) in [5, 5.41) is 0.611. The van der Waals surface area contributed by atoms with Crippen LogP contribution in [0, 0.1) is 0 Å². The molecule has 1 saturated heterocycles. The van der Waals surface area contributed by atoms with Gasteiger partial charge in [-0.15, -0.1) is 0 Å². The van der Waals surface area contributed by atoms with Gasteiger partial charge in [0.2, 0.25) is 0 Å². The molecule has 118 valence electrons. The fourth-order valence-corrected chi connectivity index (χ4v) is 2.73. The molecule has 3 rings (SSSR count). The van der Waals surface area contributed by atoms with Crippen molar-refractivity contribution in [2.75, 3.05) is 6.61 Å². The molecule has 1 aromatic rings. The number of benzene rings is 1. The van der Waals surface area contributed by atoms with Gasteiger partial charge in [-0.05, 0) is 57.0 Å². The topological polar surface area (TPSA) is 27.7 Å². The highest BCUT2D eigenvalue weighted by atomic mass is 35.5. The summed E-state index contributed by atoms with van der Waals surface area (Å²) >= 11 is 5.99. The largest absolute Gasteiger partial charge is 0.525 e. The van der Waals surface area contributed by atoms with E-state index in [4.69, 9.17) is 25.6 Å². The minimum absolute atomic E-state index is 0.199. The number of hydrogen-bond donors (Lipinski definition) is 0. The van der Waals surface area contributed by atoms with Crippen LogP contribution in [-0.4, -0.2) is 24.9 Å². The predicted octanol–water partition coefficient (Wildman–Crippen LogP) is 4.13. The van der Waals surface area contributed by atoms with Crippen LogP contribution in [0.3, 0.4) is 0 Å². The Bertz CT molecular complexity index is 626. The molecule has 1 fully saturated rings. The van der Waals surface area contributed by atoms with E-state index in [1.165, 1.54) is 0 Å². The van der Waals surface area contributed by atoms with E-state index in [0.29, 0.717) is 17.0 Å². The standard InChI is InChI=1S/C16H19BClFO3/c1-15(2)16(3,4)22-17(21-15)14(19)11-7-10-8-12(18)5-6-13(10)20-9-11/h5-6,8H,7,9H2,1-4H3. The van der Waals surface area contributed by atoms with Crippen LogP contribution >= 0.6 is 11.6 Å². The molecule has 2 aliphatic heterocycles. The van der Waals surface area contributed by atoms with Crippen LogP contribution in [0.4, 0.5) is 4.39 Å². The zero-order valence-corrected chi connectivity index (χ0v) is 14.0. The zero-order valence-electron chi connectivity index (χ0n) is 13.2. The van der Waals surface area contributed by atoms with Crippen molar-refractivity contribution in [2.45, 2.75) is 45.3 Å². The Labute approximate surface area is 135 Å². The molecule has 0 bridgehead atoms. The number of fused-ring (bicyclic) bond motifs is 1. The zero-order chi connectivity index (χ0) is 16.1. The molecule has 0 N–H and O–H groups in total. The van der Waals surface area contributed by atoms with E-state index >= 15 is 0 Å². The van der Waals surface area contributed by atoms with Crippen LogP contribution in [0.5, 0.6) is 5.75 Å². The van der Waals surface area contributed by atoms with Crippen LogP contribution in [-0.2, 0) is 15.7 Å². The van der Waals surface area contributed by atoms with E-state index < -0.39 is 24.0 Å². The van der Waals surface area contributed by atoms with Gasteiger partial charge in [0.15, 0.2) is 0 Å². The van der Waals surface area contributed by atoms with E-state index in [1.807, 2.05) is 27.7 Å². The van der Waals surface area contributed by atoms with E-state index in [1.54, 1.807) is 18.2 Å². The molecule has 3 nitrogen and oxygen atoms in total. The maximum atomic E-state index is 14.8. The summed E-state index contributed by atoms with van der Waals surface area (Å²) in [6.45, 7) is 7.80. The Morgan fingerprint density at radius 3 is 2.45 bits per heavy atom. The molecule has 0 aliphatic carbocycles. The van der Waals surface area contributed by atoms with Gasteiger partial charge in [0, 0.05) is 11.4 Å². The van der Waals surface area contributed by atoms with Gasteiger partial charge in [-0.2, -0.15) is 0 Å². The highest BCUT2D eigenvalue weighted by molar-refractivity contribution is 6.53. The Kier molecular flexibility index (Phi) is 3.79. The molecule has 0 spiro atoms. The lowest BCUT2D eigenvalue weighted by atomic mass is 9.82. The molecule has 0 aromatic heterocycles. The summed E-state index contributed by atoms with van der Waals surface area (Å²) in [7, 11) is -0.982. The highest BCUT2D eigenvalue weighted by Crippen LogP contribution is 2.40. The van der Waals surface area contributed by atoms with Gasteiger partial charge >= 0.3 is 7.12 Å². The first kappa shape index (κ1) is 15.8. The second-order valence-electron chi connectivity index (χ2n) is 6.76. The molecular weight excluding hydrogens is 305 g/mol. The molecule has 1 aromatic carbocycles. The average molecular weight is 325 g/mol. The molecule has 0 amide bonds. The van der Waals surface area contributed by atoms with Gasteiger partial charge in [-0.3, -0.25) is 0 Å². The summed E-state index contributed by atoms with van der Waals surface area (Å²) in [4.78, 5) is 0. The molecule has 2 aliphatic rings. The SMILES string of the molecule is CC1(C)OB(C(F)=C2COc3ccc(Cl)cc3C2)OC1(C)C. The number of halogens is 2. The van der Waals surface area contributed by atoms with Gasteiger partial charge in [0.25, 0.3) is 0 Å². The highest BCUT2D eigenvalue weighted by Gasteiger charge is 2.53. The predicted molar refractivity (Wildman–Crippen MR) is 84.9 cm³/mol. The molecule has 6 heteroatoms. The molecule has 0 unspecified atom stereocenters. The Hall–Kier alpha value is -1.04. The fraction of sp³-hybridized carbons (Fsp3) is 0.500. The molecule has 22 heavy (non-hydrogen) atoms. The summed E-state index contributed by atoms with van der Waals surface area (Å²) in [6, 6.07) is 5.37. The third-order valence-corrected chi connectivity index (χ3v) is 4.86. The van der Waals surface area contributed by atoms with Crippen molar-refractivity contribution < 1.29 is 18.4 Å². The summed E-state index contributed by atoms with van der Waals surface area (Å²) in [6.07, 6.45) is 0.450.